The Labute approximate surface area is 146 Å². The molecule has 21 heavy (non-hydrogen) atoms. The first-order valence-electron chi connectivity index (χ1n) is 5.68. The topological polar surface area (TPSA) is 72.2 Å². The third-order valence-electron chi connectivity index (χ3n) is 2.62. The van der Waals surface area contributed by atoms with Crippen LogP contribution in [0.4, 0.5) is 5.69 Å². The molecule has 0 aliphatic rings. The molecule has 0 radical (unpaired) electrons. The maximum atomic E-state index is 12.5. The summed E-state index contributed by atoms with van der Waals surface area (Å²) in [5.41, 5.74) is 6.16. The predicted octanol–water partition coefficient (Wildman–Crippen LogP) is 3.38. The molecule has 0 heterocycles. The second kappa shape index (κ2) is 6.47. The number of hydrogen-bond acceptors (Lipinski definition) is 3. The Morgan fingerprint density at radius 1 is 1.24 bits per heavy atom. The van der Waals surface area contributed by atoms with Crippen molar-refractivity contribution in [2.45, 2.75) is 4.90 Å². The molecule has 0 aromatic heterocycles. The van der Waals surface area contributed by atoms with E-state index in [-0.39, 0.29) is 9.88 Å². The van der Waals surface area contributed by atoms with E-state index in [4.69, 9.17) is 29.6 Å². The van der Waals surface area contributed by atoms with Gasteiger partial charge in [-0.1, -0.05) is 42.0 Å². The fraction of sp³-hybridized carbons (Fsp3) is 0. The van der Waals surface area contributed by atoms with E-state index in [0.717, 1.165) is 3.57 Å². The van der Waals surface area contributed by atoms with Crippen molar-refractivity contribution in [2.75, 3.05) is 4.72 Å². The largest absolute Gasteiger partial charge is 0.389 e. The molecule has 0 saturated heterocycles. The standard InChI is InChI=1S/C13H10ClIN2O2S2/c14-10-7-8(15)5-6-11(10)17-21(18,19)12-4-2-1-3-9(12)13(16)20/h1-7,17H,(H2,16,20). The molecule has 0 fully saturated rings. The lowest BCUT2D eigenvalue weighted by atomic mass is 10.2. The monoisotopic (exact) mass is 452 g/mol. The van der Waals surface area contributed by atoms with Gasteiger partial charge >= 0.3 is 0 Å². The van der Waals surface area contributed by atoms with E-state index in [1.807, 2.05) is 0 Å². The van der Waals surface area contributed by atoms with Crippen molar-refractivity contribution in [1.29, 1.82) is 0 Å². The van der Waals surface area contributed by atoms with Crippen molar-refractivity contribution in [1.82, 2.24) is 0 Å². The second-order valence-corrected chi connectivity index (χ2v) is 7.83. The molecule has 0 spiro atoms. The van der Waals surface area contributed by atoms with E-state index in [2.05, 4.69) is 27.3 Å². The molecule has 4 nitrogen and oxygen atoms in total. The summed E-state index contributed by atoms with van der Waals surface area (Å²) in [4.78, 5) is 0.0387. The smallest absolute Gasteiger partial charge is 0.262 e. The van der Waals surface area contributed by atoms with Crippen LogP contribution in [0.1, 0.15) is 5.56 Å². The number of benzene rings is 2. The number of sulfonamides is 1. The zero-order valence-corrected chi connectivity index (χ0v) is 15.1. The summed E-state index contributed by atoms with van der Waals surface area (Å²) < 4.78 is 28.3. The maximum absolute atomic E-state index is 12.5. The first-order chi connectivity index (χ1) is 9.81. The lowest BCUT2D eigenvalue weighted by molar-refractivity contribution is 0.601. The molecule has 2 rings (SSSR count). The van der Waals surface area contributed by atoms with E-state index >= 15 is 0 Å². The summed E-state index contributed by atoms with van der Waals surface area (Å²) in [6.07, 6.45) is 0. The van der Waals surface area contributed by atoms with E-state index in [1.165, 1.54) is 6.07 Å². The number of rotatable bonds is 4. The Bertz CT molecular complexity index is 810. The Kier molecular flexibility index (Phi) is 5.07. The van der Waals surface area contributed by atoms with Crippen molar-refractivity contribution < 1.29 is 8.42 Å². The third-order valence-corrected chi connectivity index (χ3v) is 5.24. The van der Waals surface area contributed by atoms with Gasteiger partial charge in [-0.25, -0.2) is 8.42 Å². The zero-order valence-electron chi connectivity index (χ0n) is 10.5. The highest BCUT2D eigenvalue weighted by Gasteiger charge is 2.20. The minimum absolute atomic E-state index is 0.0182. The molecule has 0 saturated carbocycles. The number of nitrogens with two attached hydrogens (primary N) is 1. The fourth-order valence-corrected chi connectivity index (χ4v) is 4.18. The minimum atomic E-state index is -3.83. The van der Waals surface area contributed by atoms with E-state index in [9.17, 15) is 8.42 Å². The van der Waals surface area contributed by atoms with Crippen LogP contribution in [-0.4, -0.2) is 13.4 Å². The molecule has 0 aliphatic heterocycles. The molecule has 0 aliphatic carbocycles. The summed E-state index contributed by atoms with van der Waals surface area (Å²) in [6, 6.07) is 11.3. The Morgan fingerprint density at radius 3 is 2.52 bits per heavy atom. The predicted molar refractivity (Wildman–Crippen MR) is 97.3 cm³/mol. The average molecular weight is 453 g/mol. The quantitative estimate of drug-likeness (QED) is 0.551. The van der Waals surface area contributed by atoms with Crippen molar-refractivity contribution in [3.63, 3.8) is 0 Å². The van der Waals surface area contributed by atoms with Crippen molar-refractivity contribution in [2.24, 2.45) is 5.73 Å². The number of anilines is 1. The van der Waals surface area contributed by atoms with Crippen LogP contribution < -0.4 is 10.5 Å². The molecule has 3 N–H and O–H groups in total. The van der Waals surface area contributed by atoms with Crippen LogP contribution in [0.15, 0.2) is 47.4 Å². The summed E-state index contributed by atoms with van der Waals surface area (Å²) in [5.74, 6) is 0. The number of thiocarbonyl (C=S) groups is 1. The van der Waals surface area contributed by atoms with Gasteiger partial charge in [0.05, 0.1) is 15.6 Å². The summed E-state index contributed by atoms with van der Waals surface area (Å²) in [5, 5.41) is 0.318. The highest BCUT2D eigenvalue weighted by atomic mass is 127. The highest BCUT2D eigenvalue weighted by Crippen LogP contribution is 2.27. The summed E-state index contributed by atoms with van der Waals surface area (Å²) in [6.45, 7) is 0. The van der Waals surface area contributed by atoms with Gasteiger partial charge in [0.2, 0.25) is 0 Å². The van der Waals surface area contributed by atoms with Crippen LogP contribution in [0.3, 0.4) is 0 Å². The SMILES string of the molecule is NC(=S)c1ccccc1S(=O)(=O)Nc1ccc(I)cc1Cl. The van der Waals surface area contributed by atoms with Crippen LogP contribution in [0.25, 0.3) is 0 Å². The Morgan fingerprint density at radius 2 is 1.90 bits per heavy atom. The van der Waals surface area contributed by atoms with Gasteiger partial charge in [-0.2, -0.15) is 0 Å². The molecule has 110 valence electrons. The molecule has 0 unspecified atom stereocenters. The summed E-state index contributed by atoms with van der Waals surface area (Å²) in [7, 11) is -3.83. The summed E-state index contributed by atoms with van der Waals surface area (Å²) >= 11 is 13.0. The molecule has 0 bridgehead atoms. The van der Waals surface area contributed by atoms with Crippen LogP contribution >= 0.6 is 46.4 Å². The minimum Gasteiger partial charge on any atom is -0.389 e. The zero-order chi connectivity index (χ0) is 15.6. The van der Waals surface area contributed by atoms with Gasteiger partial charge in [0.25, 0.3) is 10.0 Å². The van der Waals surface area contributed by atoms with Gasteiger partial charge in [-0.3, -0.25) is 4.72 Å². The number of halogens is 2. The van der Waals surface area contributed by atoms with E-state index in [0.29, 0.717) is 16.3 Å². The number of nitrogens with one attached hydrogen (secondary N) is 1. The maximum Gasteiger partial charge on any atom is 0.262 e. The van der Waals surface area contributed by atoms with Gasteiger partial charge in [0, 0.05) is 9.13 Å². The second-order valence-electron chi connectivity index (χ2n) is 4.09. The van der Waals surface area contributed by atoms with Gasteiger partial charge in [0.1, 0.15) is 4.99 Å². The van der Waals surface area contributed by atoms with E-state index < -0.39 is 10.0 Å². The molecule has 0 atom stereocenters. The van der Waals surface area contributed by atoms with Gasteiger partial charge in [-0.05, 0) is 46.9 Å². The Hall–Kier alpha value is -0.900. The van der Waals surface area contributed by atoms with E-state index in [1.54, 1.807) is 36.4 Å². The lowest BCUT2D eigenvalue weighted by Crippen LogP contribution is -2.19. The fourth-order valence-electron chi connectivity index (χ4n) is 1.68. The van der Waals surface area contributed by atoms with Gasteiger partial charge in [-0.15, -0.1) is 0 Å². The molecular formula is C13H10ClIN2O2S2. The van der Waals surface area contributed by atoms with Crippen molar-refractivity contribution in [3.8, 4) is 0 Å². The Balaban J connectivity index is 2.46. The normalized spacial score (nSPS) is 11.1. The molecule has 0 amide bonds. The highest BCUT2D eigenvalue weighted by molar-refractivity contribution is 14.1. The first-order valence-corrected chi connectivity index (χ1v) is 9.03. The molecule has 8 heteroatoms. The van der Waals surface area contributed by atoms with Crippen molar-refractivity contribution in [3.05, 3.63) is 56.6 Å². The third kappa shape index (κ3) is 3.85. The number of hydrogen-bond donors (Lipinski definition) is 2. The van der Waals surface area contributed by atoms with Crippen LogP contribution in [0.2, 0.25) is 5.02 Å². The first kappa shape index (κ1) is 16.5. The van der Waals surface area contributed by atoms with Gasteiger partial charge in [0.15, 0.2) is 0 Å². The van der Waals surface area contributed by atoms with Crippen molar-refractivity contribution >= 4 is 67.1 Å². The molecular weight excluding hydrogens is 443 g/mol. The van der Waals surface area contributed by atoms with Crippen LogP contribution in [0.5, 0.6) is 0 Å². The average Bonchev–Trinajstić information content (AvgIpc) is 2.42. The molecule has 2 aromatic carbocycles. The van der Waals surface area contributed by atoms with Crippen LogP contribution in [0, 0.1) is 3.57 Å². The lowest BCUT2D eigenvalue weighted by Gasteiger charge is -2.12. The van der Waals surface area contributed by atoms with Gasteiger partial charge < -0.3 is 5.73 Å². The van der Waals surface area contributed by atoms with Crippen LogP contribution in [-0.2, 0) is 10.0 Å². The molecule has 2 aromatic rings.